The average molecular weight is 235 g/mol. The smallest absolute Gasteiger partial charge is 0.164 e. The highest BCUT2D eigenvalue weighted by atomic mass is 35.5. The number of nitrogens with zero attached hydrogens (tertiary/aromatic N) is 5. The van der Waals surface area contributed by atoms with Gasteiger partial charge < -0.3 is 0 Å². The quantitative estimate of drug-likeness (QED) is 0.646. The molecule has 1 N–H and O–H groups in total. The van der Waals surface area contributed by atoms with Gasteiger partial charge >= 0.3 is 0 Å². The van der Waals surface area contributed by atoms with Gasteiger partial charge in [0.25, 0.3) is 0 Å². The van der Waals surface area contributed by atoms with Gasteiger partial charge in [-0.2, -0.15) is 10.2 Å². The molecule has 0 saturated heterocycles. The summed E-state index contributed by atoms with van der Waals surface area (Å²) in [4.78, 5) is 8.51. The molecule has 0 saturated carbocycles. The van der Waals surface area contributed by atoms with Crippen molar-refractivity contribution >= 4 is 22.6 Å². The second-order valence-electron chi connectivity index (χ2n) is 3.36. The lowest BCUT2D eigenvalue weighted by Crippen LogP contribution is -1.89. The standard InChI is InChI=1S/C9H7ClN6/c1-16-4-5(2-12-16)9-13-6-3-11-15-7(6)8(10)14-9/h2-4H,1H3,(H,11,15). The minimum Gasteiger partial charge on any atom is -0.283 e. The van der Waals surface area contributed by atoms with E-state index in [0.29, 0.717) is 22.0 Å². The van der Waals surface area contributed by atoms with E-state index in [4.69, 9.17) is 11.6 Å². The molecule has 0 amide bonds. The Morgan fingerprint density at radius 2 is 2.25 bits per heavy atom. The fourth-order valence-corrected chi connectivity index (χ4v) is 1.69. The summed E-state index contributed by atoms with van der Waals surface area (Å²) >= 11 is 6.00. The Bertz CT molecular complexity index is 655. The average Bonchev–Trinajstić information content (AvgIpc) is 2.85. The highest BCUT2D eigenvalue weighted by molar-refractivity contribution is 6.33. The molecule has 0 unspecified atom stereocenters. The molecule has 0 radical (unpaired) electrons. The molecule has 80 valence electrons. The number of hydrogen-bond acceptors (Lipinski definition) is 4. The number of fused-ring (bicyclic) bond motifs is 1. The van der Waals surface area contributed by atoms with Crippen molar-refractivity contribution in [3.63, 3.8) is 0 Å². The van der Waals surface area contributed by atoms with E-state index in [1.165, 1.54) is 0 Å². The Morgan fingerprint density at radius 3 is 3.00 bits per heavy atom. The molecular weight excluding hydrogens is 228 g/mol. The van der Waals surface area contributed by atoms with Gasteiger partial charge in [0.15, 0.2) is 11.0 Å². The number of aromatic amines is 1. The Hall–Kier alpha value is -1.95. The van der Waals surface area contributed by atoms with Crippen LogP contribution in [0.2, 0.25) is 5.15 Å². The molecule has 0 aliphatic heterocycles. The summed E-state index contributed by atoms with van der Waals surface area (Å²) in [5, 5.41) is 11.1. The maximum Gasteiger partial charge on any atom is 0.164 e. The zero-order valence-electron chi connectivity index (χ0n) is 8.35. The van der Waals surface area contributed by atoms with Crippen LogP contribution in [0.15, 0.2) is 18.6 Å². The largest absolute Gasteiger partial charge is 0.283 e. The number of aromatic nitrogens is 6. The van der Waals surface area contributed by atoms with Crippen LogP contribution < -0.4 is 0 Å². The summed E-state index contributed by atoms with van der Waals surface area (Å²) in [5.74, 6) is 0.548. The lowest BCUT2D eigenvalue weighted by Gasteiger charge is -1.96. The third kappa shape index (κ3) is 1.35. The molecule has 0 spiro atoms. The number of H-pyrrole nitrogens is 1. The molecule has 0 bridgehead atoms. The molecule has 0 aromatic carbocycles. The molecule has 0 aliphatic carbocycles. The maximum absolute atomic E-state index is 6.00. The SMILES string of the molecule is Cn1cc(-c2nc(Cl)c3n[nH]cc3n2)cn1. The van der Waals surface area contributed by atoms with Crippen molar-refractivity contribution in [2.45, 2.75) is 0 Å². The number of rotatable bonds is 1. The van der Waals surface area contributed by atoms with Crippen molar-refractivity contribution in [3.8, 4) is 11.4 Å². The minimum absolute atomic E-state index is 0.338. The highest BCUT2D eigenvalue weighted by Crippen LogP contribution is 2.22. The zero-order valence-corrected chi connectivity index (χ0v) is 9.10. The summed E-state index contributed by atoms with van der Waals surface area (Å²) in [7, 11) is 1.83. The zero-order chi connectivity index (χ0) is 11.1. The highest BCUT2D eigenvalue weighted by Gasteiger charge is 2.10. The van der Waals surface area contributed by atoms with Gasteiger partial charge in [0.1, 0.15) is 11.0 Å². The number of nitrogens with one attached hydrogen (secondary N) is 1. The van der Waals surface area contributed by atoms with Crippen LogP contribution in [-0.2, 0) is 7.05 Å². The van der Waals surface area contributed by atoms with Gasteiger partial charge in [0.2, 0.25) is 0 Å². The van der Waals surface area contributed by atoms with Crippen LogP contribution in [-0.4, -0.2) is 29.9 Å². The first-order chi connectivity index (χ1) is 7.74. The van der Waals surface area contributed by atoms with E-state index >= 15 is 0 Å². The lowest BCUT2D eigenvalue weighted by molar-refractivity contribution is 0.768. The number of aryl methyl sites for hydroxylation is 1. The van der Waals surface area contributed by atoms with Crippen LogP contribution in [0.25, 0.3) is 22.4 Å². The Kier molecular flexibility index (Phi) is 1.90. The van der Waals surface area contributed by atoms with Crippen LogP contribution in [0.4, 0.5) is 0 Å². The van der Waals surface area contributed by atoms with Crippen molar-refractivity contribution in [2.75, 3.05) is 0 Å². The van der Waals surface area contributed by atoms with E-state index in [1.54, 1.807) is 17.1 Å². The van der Waals surface area contributed by atoms with E-state index in [0.717, 1.165) is 5.56 Å². The van der Waals surface area contributed by atoms with Gasteiger partial charge in [-0.3, -0.25) is 9.78 Å². The van der Waals surface area contributed by atoms with Crippen molar-refractivity contribution < 1.29 is 0 Å². The third-order valence-electron chi connectivity index (χ3n) is 2.21. The van der Waals surface area contributed by atoms with Gasteiger partial charge in [-0.25, -0.2) is 9.97 Å². The van der Waals surface area contributed by atoms with Crippen LogP contribution in [0, 0.1) is 0 Å². The first kappa shape index (κ1) is 9.29. The fraction of sp³-hybridized carbons (Fsp3) is 0.111. The molecule has 6 nitrogen and oxygen atoms in total. The van der Waals surface area contributed by atoms with E-state index in [-0.39, 0.29) is 0 Å². The summed E-state index contributed by atoms with van der Waals surface area (Å²) < 4.78 is 1.69. The minimum atomic E-state index is 0.338. The fourth-order valence-electron chi connectivity index (χ4n) is 1.47. The van der Waals surface area contributed by atoms with Crippen molar-refractivity contribution in [2.24, 2.45) is 7.05 Å². The van der Waals surface area contributed by atoms with Crippen LogP contribution in [0.3, 0.4) is 0 Å². The van der Waals surface area contributed by atoms with Gasteiger partial charge in [-0.1, -0.05) is 11.6 Å². The molecule has 7 heteroatoms. The first-order valence-corrected chi connectivity index (χ1v) is 4.98. The summed E-state index contributed by atoms with van der Waals surface area (Å²) in [6.45, 7) is 0. The monoisotopic (exact) mass is 234 g/mol. The molecule has 3 aromatic rings. The molecule has 0 aliphatic rings. The predicted molar refractivity (Wildman–Crippen MR) is 58.9 cm³/mol. The molecule has 16 heavy (non-hydrogen) atoms. The Morgan fingerprint density at radius 1 is 1.38 bits per heavy atom. The van der Waals surface area contributed by atoms with Crippen LogP contribution in [0.1, 0.15) is 0 Å². The second-order valence-corrected chi connectivity index (χ2v) is 3.72. The summed E-state index contributed by atoms with van der Waals surface area (Å²) in [5.41, 5.74) is 2.10. The summed E-state index contributed by atoms with van der Waals surface area (Å²) in [6.07, 6.45) is 5.21. The van der Waals surface area contributed by atoms with Crippen molar-refractivity contribution in [1.29, 1.82) is 0 Å². The molecule has 3 aromatic heterocycles. The third-order valence-corrected chi connectivity index (χ3v) is 2.47. The lowest BCUT2D eigenvalue weighted by atomic mass is 10.3. The Labute approximate surface area is 95.3 Å². The molecule has 0 fully saturated rings. The van der Waals surface area contributed by atoms with E-state index in [2.05, 4.69) is 25.3 Å². The van der Waals surface area contributed by atoms with Crippen molar-refractivity contribution in [1.82, 2.24) is 29.9 Å². The first-order valence-electron chi connectivity index (χ1n) is 4.60. The number of halogens is 1. The molecule has 0 atom stereocenters. The normalized spacial score (nSPS) is 11.1. The number of hydrogen-bond donors (Lipinski definition) is 1. The van der Waals surface area contributed by atoms with Gasteiger partial charge in [0.05, 0.1) is 11.8 Å². The summed E-state index contributed by atoms with van der Waals surface area (Å²) in [6, 6.07) is 0. The molecule has 3 heterocycles. The van der Waals surface area contributed by atoms with Crippen LogP contribution >= 0.6 is 11.6 Å². The second kappa shape index (κ2) is 3.28. The Balaban J connectivity index is 2.24. The predicted octanol–water partition coefficient (Wildman–Crippen LogP) is 1.41. The van der Waals surface area contributed by atoms with Crippen molar-refractivity contribution in [3.05, 3.63) is 23.7 Å². The van der Waals surface area contributed by atoms with Gasteiger partial charge in [-0.15, -0.1) is 0 Å². The molecular formula is C9H7ClN6. The van der Waals surface area contributed by atoms with E-state index in [9.17, 15) is 0 Å². The topological polar surface area (TPSA) is 72.3 Å². The van der Waals surface area contributed by atoms with E-state index < -0.39 is 0 Å². The van der Waals surface area contributed by atoms with Crippen LogP contribution in [0.5, 0.6) is 0 Å². The van der Waals surface area contributed by atoms with E-state index in [1.807, 2.05) is 13.2 Å². The van der Waals surface area contributed by atoms with Gasteiger partial charge in [-0.05, 0) is 0 Å². The molecule has 3 rings (SSSR count). The van der Waals surface area contributed by atoms with Gasteiger partial charge in [0, 0.05) is 19.4 Å². The maximum atomic E-state index is 6.00.